The summed E-state index contributed by atoms with van der Waals surface area (Å²) in [6, 6.07) is 7.66. The Morgan fingerprint density at radius 2 is 2.05 bits per heavy atom. The van der Waals surface area contributed by atoms with Gasteiger partial charge in [-0.15, -0.1) is 0 Å². The van der Waals surface area contributed by atoms with Crippen molar-refractivity contribution in [3.8, 4) is 0 Å². The zero-order chi connectivity index (χ0) is 13.8. The molecule has 0 aromatic heterocycles. The van der Waals surface area contributed by atoms with E-state index in [1.165, 1.54) is 0 Å². The minimum atomic E-state index is -0.228. The smallest absolute Gasteiger partial charge is 0.318 e. The van der Waals surface area contributed by atoms with E-state index in [0.29, 0.717) is 18.7 Å². The first-order chi connectivity index (χ1) is 9.06. The fraction of sp³-hybridized carbons (Fsp3) is 0.286. The monoisotopic (exact) mass is 259 g/mol. The third-order valence-corrected chi connectivity index (χ3v) is 3.07. The van der Waals surface area contributed by atoms with Crippen LogP contribution in [0.3, 0.4) is 0 Å². The van der Waals surface area contributed by atoms with Crippen molar-refractivity contribution >= 4 is 11.9 Å². The van der Waals surface area contributed by atoms with E-state index in [1.807, 2.05) is 24.3 Å². The first kappa shape index (κ1) is 13.1. The molecule has 100 valence electrons. The number of hydrogen-bond donors (Lipinski definition) is 2. The molecule has 19 heavy (non-hydrogen) atoms. The molecular weight excluding hydrogens is 242 g/mol. The molecule has 0 spiro atoms. The maximum absolute atomic E-state index is 11.8. The zero-order valence-corrected chi connectivity index (χ0v) is 10.6. The number of carbonyl (C=O) groups excluding carboxylic acids is 1. The molecule has 1 aromatic carbocycles. The third-order valence-electron chi connectivity index (χ3n) is 3.07. The van der Waals surface area contributed by atoms with Crippen LogP contribution in [0, 0.1) is 0 Å². The highest BCUT2D eigenvalue weighted by atomic mass is 16.5. The summed E-state index contributed by atoms with van der Waals surface area (Å²) in [6.07, 6.45) is 1.46. The van der Waals surface area contributed by atoms with Crippen LogP contribution in [0.2, 0.25) is 0 Å². The molecule has 1 aliphatic heterocycles. The number of allylic oxidation sites excluding steroid dienone is 1. The quantitative estimate of drug-likeness (QED) is 0.487. The number of cyclic esters (lactones) is 1. The second-order valence-electron chi connectivity index (χ2n) is 4.53. The van der Waals surface area contributed by atoms with Crippen LogP contribution in [0.5, 0.6) is 0 Å². The molecule has 1 atom stereocenters. The van der Waals surface area contributed by atoms with Gasteiger partial charge in [-0.05, 0) is 17.5 Å². The summed E-state index contributed by atoms with van der Waals surface area (Å²) in [5.74, 6) is 0.180. The lowest BCUT2D eigenvalue weighted by molar-refractivity contribution is -0.143. The second kappa shape index (κ2) is 5.56. The van der Waals surface area contributed by atoms with Crippen molar-refractivity contribution in [3.05, 3.63) is 47.7 Å². The summed E-state index contributed by atoms with van der Waals surface area (Å²) in [5, 5.41) is 0. The summed E-state index contributed by atoms with van der Waals surface area (Å²) in [5.41, 5.74) is 12.5. The Kier molecular flexibility index (Phi) is 3.85. The van der Waals surface area contributed by atoms with Crippen LogP contribution >= 0.6 is 0 Å². The van der Waals surface area contributed by atoms with Crippen molar-refractivity contribution < 1.29 is 9.53 Å². The van der Waals surface area contributed by atoms with Crippen molar-refractivity contribution in [1.29, 1.82) is 0 Å². The Bertz CT molecular complexity index is 516. The Balaban J connectivity index is 2.08. The van der Waals surface area contributed by atoms with Crippen LogP contribution in [0.25, 0.3) is 0 Å². The van der Waals surface area contributed by atoms with E-state index in [4.69, 9.17) is 16.2 Å². The predicted molar refractivity (Wildman–Crippen MR) is 73.2 cm³/mol. The molecule has 0 aliphatic carbocycles. The van der Waals surface area contributed by atoms with Crippen molar-refractivity contribution in [1.82, 2.24) is 0 Å². The highest BCUT2D eigenvalue weighted by Crippen LogP contribution is 2.30. The van der Waals surface area contributed by atoms with E-state index in [0.717, 1.165) is 17.5 Å². The normalized spacial score (nSPS) is 18.8. The number of hydrogen-bond acceptors (Lipinski definition) is 3. The van der Waals surface area contributed by atoms with E-state index in [1.54, 1.807) is 0 Å². The summed E-state index contributed by atoms with van der Waals surface area (Å²) < 4.78 is 5.07. The number of ether oxygens (including phenoxy) is 1. The van der Waals surface area contributed by atoms with Crippen LogP contribution in [-0.2, 0) is 16.1 Å². The van der Waals surface area contributed by atoms with Gasteiger partial charge in [0.2, 0.25) is 0 Å². The highest BCUT2D eigenvalue weighted by molar-refractivity contribution is 5.80. The van der Waals surface area contributed by atoms with E-state index in [-0.39, 0.29) is 17.8 Å². The summed E-state index contributed by atoms with van der Waals surface area (Å²) in [4.78, 5) is 15.7. The van der Waals surface area contributed by atoms with Crippen molar-refractivity contribution in [2.75, 3.05) is 0 Å². The standard InChI is InChI=1S/C14H17N3O2/c1-9-2-7-12(13(18)19-9)11-5-3-10(4-6-11)8-17-14(15)16/h3-6,12H,1-2,7-8H2,(H4,15,16,17)/t12-/m1/s1. The Hall–Kier alpha value is -2.30. The Morgan fingerprint density at radius 3 is 2.63 bits per heavy atom. The number of rotatable bonds is 3. The summed E-state index contributed by atoms with van der Waals surface area (Å²) >= 11 is 0. The third kappa shape index (κ3) is 3.34. The predicted octanol–water partition coefficient (Wildman–Crippen LogP) is 1.39. The van der Waals surface area contributed by atoms with Crippen molar-refractivity contribution in [3.63, 3.8) is 0 Å². The van der Waals surface area contributed by atoms with Gasteiger partial charge in [-0.2, -0.15) is 0 Å². The summed E-state index contributed by atoms with van der Waals surface area (Å²) in [7, 11) is 0. The molecule has 2 rings (SSSR count). The van der Waals surface area contributed by atoms with Gasteiger partial charge in [-0.3, -0.25) is 4.79 Å². The first-order valence-corrected chi connectivity index (χ1v) is 6.10. The van der Waals surface area contributed by atoms with Gasteiger partial charge >= 0.3 is 5.97 Å². The van der Waals surface area contributed by atoms with Crippen molar-refractivity contribution in [2.45, 2.75) is 25.3 Å². The van der Waals surface area contributed by atoms with Crippen LogP contribution < -0.4 is 11.5 Å². The summed E-state index contributed by atoms with van der Waals surface area (Å²) in [6.45, 7) is 4.11. The van der Waals surface area contributed by atoms with Crippen LogP contribution in [0.15, 0.2) is 41.6 Å². The van der Waals surface area contributed by atoms with Crippen molar-refractivity contribution in [2.24, 2.45) is 16.5 Å². The molecule has 0 saturated carbocycles. The maximum Gasteiger partial charge on any atom is 0.318 e. The van der Waals surface area contributed by atoms with Gasteiger partial charge in [0.05, 0.1) is 12.5 Å². The minimum Gasteiger partial charge on any atom is -0.431 e. The number of nitrogens with two attached hydrogens (primary N) is 2. The Labute approximate surface area is 112 Å². The molecule has 1 aromatic rings. The Morgan fingerprint density at radius 1 is 1.37 bits per heavy atom. The molecule has 1 saturated heterocycles. The number of benzene rings is 1. The second-order valence-corrected chi connectivity index (χ2v) is 4.53. The van der Waals surface area contributed by atoms with Gasteiger partial charge < -0.3 is 16.2 Å². The van der Waals surface area contributed by atoms with Gasteiger partial charge in [0.25, 0.3) is 0 Å². The van der Waals surface area contributed by atoms with Gasteiger partial charge in [0.1, 0.15) is 5.76 Å². The highest BCUT2D eigenvalue weighted by Gasteiger charge is 2.27. The van der Waals surface area contributed by atoms with E-state index in [9.17, 15) is 4.79 Å². The van der Waals surface area contributed by atoms with E-state index >= 15 is 0 Å². The fourth-order valence-corrected chi connectivity index (χ4v) is 2.03. The van der Waals surface area contributed by atoms with Gasteiger partial charge in [0.15, 0.2) is 5.96 Å². The largest absolute Gasteiger partial charge is 0.431 e. The average Bonchev–Trinajstić information content (AvgIpc) is 2.37. The molecule has 1 heterocycles. The van der Waals surface area contributed by atoms with E-state index in [2.05, 4.69) is 11.6 Å². The molecule has 0 bridgehead atoms. The number of guanidine groups is 1. The number of carbonyl (C=O) groups is 1. The van der Waals surface area contributed by atoms with Gasteiger partial charge in [0, 0.05) is 6.42 Å². The lowest BCUT2D eigenvalue weighted by atomic mass is 9.91. The van der Waals surface area contributed by atoms with Gasteiger partial charge in [-0.1, -0.05) is 30.8 Å². The molecule has 5 heteroatoms. The van der Waals surface area contributed by atoms with E-state index < -0.39 is 0 Å². The molecule has 0 radical (unpaired) electrons. The van der Waals surface area contributed by atoms with Crippen LogP contribution in [-0.4, -0.2) is 11.9 Å². The number of nitrogens with zero attached hydrogens (tertiary/aromatic N) is 1. The molecule has 0 unspecified atom stereocenters. The van der Waals surface area contributed by atoms with Crippen LogP contribution in [0.1, 0.15) is 29.9 Å². The van der Waals surface area contributed by atoms with Crippen LogP contribution in [0.4, 0.5) is 0 Å². The number of aliphatic imine (C=N–C) groups is 1. The molecule has 0 amide bonds. The molecule has 5 nitrogen and oxygen atoms in total. The lowest BCUT2D eigenvalue weighted by Gasteiger charge is -2.22. The maximum atomic E-state index is 11.8. The molecule has 4 N–H and O–H groups in total. The number of esters is 1. The lowest BCUT2D eigenvalue weighted by Crippen LogP contribution is -2.22. The van der Waals surface area contributed by atoms with Gasteiger partial charge in [-0.25, -0.2) is 4.99 Å². The average molecular weight is 259 g/mol. The molecule has 1 aliphatic rings. The molecular formula is C14H17N3O2. The minimum absolute atomic E-state index is 0.0680. The molecule has 1 fully saturated rings. The fourth-order valence-electron chi connectivity index (χ4n) is 2.03. The topological polar surface area (TPSA) is 90.7 Å². The zero-order valence-electron chi connectivity index (χ0n) is 10.6. The SMILES string of the molecule is C=C1CC[C@H](c2ccc(CN=C(N)N)cc2)C(=O)O1. The first-order valence-electron chi connectivity index (χ1n) is 6.10.